The van der Waals surface area contributed by atoms with Crippen molar-refractivity contribution in [2.24, 2.45) is 0 Å². The number of aryl methyl sites for hydroxylation is 1. The van der Waals surface area contributed by atoms with Gasteiger partial charge in [-0.15, -0.1) is 11.3 Å². The van der Waals surface area contributed by atoms with Gasteiger partial charge >= 0.3 is 0 Å². The van der Waals surface area contributed by atoms with Crippen molar-refractivity contribution in [2.75, 3.05) is 18.9 Å². The highest BCUT2D eigenvalue weighted by molar-refractivity contribution is 7.15. The summed E-state index contributed by atoms with van der Waals surface area (Å²) >= 11 is 1.50. The zero-order chi connectivity index (χ0) is 19.4. The third-order valence-corrected chi connectivity index (χ3v) is 5.08. The van der Waals surface area contributed by atoms with Gasteiger partial charge in [0.05, 0.1) is 5.69 Å². The molecule has 5 heteroatoms. The van der Waals surface area contributed by atoms with Gasteiger partial charge in [-0.3, -0.25) is 0 Å². The molecule has 1 aromatic heterocycles. The topological polar surface area (TPSA) is 57.4 Å². The summed E-state index contributed by atoms with van der Waals surface area (Å²) in [7, 11) is 0. The fourth-order valence-electron chi connectivity index (χ4n) is 2.76. The second-order valence-electron chi connectivity index (χ2n) is 7.45. The molecule has 0 aliphatic carbocycles. The maximum atomic E-state index is 5.77. The summed E-state index contributed by atoms with van der Waals surface area (Å²) in [4.78, 5) is 5.49. The highest BCUT2D eigenvalue weighted by atomic mass is 32.1. The van der Waals surface area contributed by atoms with E-state index in [9.17, 15) is 0 Å². The van der Waals surface area contributed by atoms with E-state index in [2.05, 4.69) is 37.9 Å². The number of hydrogen-bond donors (Lipinski definition) is 1. The van der Waals surface area contributed by atoms with E-state index in [-0.39, 0.29) is 5.41 Å². The van der Waals surface area contributed by atoms with E-state index in [1.165, 1.54) is 16.9 Å². The van der Waals surface area contributed by atoms with E-state index >= 15 is 0 Å². The van der Waals surface area contributed by atoms with Gasteiger partial charge in [0, 0.05) is 10.4 Å². The molecule has 142 valence electrons. The summed E-state index contributed by atoms with van der Waals surface area (Å²) < 4.78 is 11.5. The Labute approximate surface area is 165 Å². The lowest BCUT2D eigenvalue weighted by Crippen LogP contribution is -2.11. The normalized spacial score (nSPS) is 11.4. The summed E-state index contributed by atoms with van der Waals surface area (Å²) in [5, 5.41) is 0.593. The number of nitrogen functional groups attached to an aromatic ring is 1. The summed E-state index contributed by atoms with van der Waals surface area (Å²) in [5.74, 6) is 1.67. The van der Waals surface area contributed by atoms with Crippen molar-refractivity contribution >= 4 is 16.5 Å². The molecule has 2 aromatic carbocycles. The molecule has 0 saturated heterocycles. The van der Waals surface area contributed by atoms with Crippen LogP contribution in [0.3, 0.4) is 0 Å². The molecule has 0 spiro atoms. The summed E-state index contributed by atoms with van der Waals surface area (Å²) in [5.41, 5.74) is 9.20. The van der Waals surface area contributed by atoms with Crippen molar-refractivity contribution in [1.82, 2.24) is 4.98 Å². The standard InChI is InChI=1S/C22H26N2O2S/c1-15-20(24-21(23)27-15)16-5-9-18(10-6-16)25-13-14-26-19-11-7-17(8-12-19)22(2,3)4/h5-12H,13-14H2,1-4H3,(H2,23,24). The largest absolute Gasteiger partial charge is 0.490 e. The molecule has 27 heavy (non-hydrogen) atoms. The molecule has 0 fully saturated rings. The highest BCUT2D eigenvalue weighted by Crippen LogP contribution is 2.30. The monoisotopic (exact) mass is 382 g/mol. The quantitative estimate of drug-likeness (QED) is 0.576. The number of hydrogen-bond acceptors (Lipinski definition) is 5. The van der Waals surface area contributed by atoms with Gasteiger partial charge in [0.2, 0.25) is 0 Å². The number of nitrogens with zero attached hydrogens (tertiary/aromatic N) is 1. The molecule has 1 heterocycles. The predicted octanol–water partition coefficient (Wildman–Crippen LogP) is 5.46. The van der Waals surface area contributed by atoms with Crippen molar-refractivity contribution in [3.63, 3.8) is 0 Å². The van der Waals surface area contributed by atoms with Gasteiger partial charge in [-0.1, -0.05) is 32.9 Å². The average molecular weight is 383 g/mol. The second kappa shape index (κ2) is 8.01. The first-order chi connectivity index (χ1) is 12.8. The number of thiazole rings is 1. The van der Waals surface area contributed by atoms with E-state index in [4.69, 9.17) is 15.2 Å². The molecule has 0 amide bonds. The molecular formula is C22H26N2O2S. The molecular weight excluding hydrogens is 356 g/mol. The zero-order valence-electron chi connectivity index (χ0n) is 16.3. The van der Waals surface area contributed by atoms with E-state index in [0.29, 0.717) is 18.3 Å². The Morgan fingerprint density at radius 2 is 1.41 bits per heavy atom. The molecule has 3 aromatic rings. The van der Waals surface area contributed by atoms with E-state index in [1.54, 1.807) is 0 Å². The van der Waals surface area contributed by atoms with Crippen LogP contribution in [0.4, 0.5) is 5.13 Å². The molecule has 0 aliphatic heterocycles. The molecule has 0 saturated carbocycles. The van der Waals surface area contributed by atoms with Gasteiger partial charge in [-0.25, -0.2) is 4.98 Å². The minimum atomic E-state index is 0.149. The number of nitrogens with two attached hydrogens (primary N) is 1. The molecule has 0 bridgehead atoms. The van der Waals surface area contributed by atoms with Crippen LogP contribution in [0.2, 0.25) is 0 Å². The van der Waals surface area contributed by atoms with Crippen molar-refractivity contribution < 1.29 is 9.47 Å². The molecule has 0 aliphatic rings. The number of ether oxygens (including phenoxy) is 2. The first kappa shape index (κ1) is 19.2. The lowest BCUT2D eigenvalue weighted by atomic mass is 9.87. The van der Waals surface area contributed by atoms with Gasteiger partial charge in [0.15, 0.2) is 5.13 Å². The van der Waals surface area contributed by atoms with Gasteiger partial charge in [-0.05, 0) is 54.3 Å². The Bertz CT molecular complexity index is 878. The summed E-state index contributed by atoms with van der Waals surface area (Å²) in [6.45, 7) is 9.62. The fraction of sp³-hybridized carbons (Fsp3) is 0.318. The van der Waals surface area contributed by atoms with Crippen molar-refractivity contribution in [2.45, 2.75) is 33.1 Å². The Balaban J connectivity index is 1.49. The third kappa shape index (κ3) is 5.01. The van der Waals surface area contributed by atoms with Crippen LogP contribution >= 0.6 is 11.3 Å². The van der Waals surface area contributed by atoms with Gasteiger partial charge in [0.1, 0.15) is 24.7 Å². The van der Waals surface area contributed by atoms with E-state index in [1.807, 2.05) is 43.3 Å². The lowest BCUT2D eigenvalue weighted by molar-refractivity contribution is 0.217. The van der Waals surface area contributed by atoms with E-state index < -0.39 is 0 Å². The Hall–Kier alpha value is -2.53. The van der Waals surface area contributed by atoms with Crippen LogP contribution in [0.5, 0.6) is 11.5 Å². The molecule has 0 atom stereocenters. The maximum Gasteiger partial charge on any atom is 0.180 e. The number of aromatic nitrogens is 1. The molecule has 0 unspecified atom stereocenters. The van der Waals surface area contributed by atoms with Crippen LogP contribution in [-0.2, 0) is 5.41 Å². The Morgan fingerprint density at radius 3 is 1.85 bits per heavy atom. The zero-order valence-corrected chi connectivity index (χ0v) is 17.1. The van der Waals surface area contributed by atoms with Crippen LogP contribution in [0.1, 0.15) is 31.2 Å². The summed E-state index contributed by atoms with van der Waals surface area (Å²) in [6, 6.07) is 16.1. The number of benzene rings is 2. The van der Waals surface area contributed by atoms with E-state index in [0.717, 1.165) is 27.6 Å². The lowest BCUT2D eigenvalue weighted by Gasteiger charge is -2.19. The van der Waals surface area contributed by atoms with Crippen LogP contribution in [0.25, 0.3) is 11.3 Å². The highest BCUT2D eigenvalue weighted by Gasteiger charge is 2.13. The molecule has 3 rings (SSSR count). The average Bonchev–Trinajstić information content (AvgIpc) is 2.97. The van der Waals surface area contributed by atoms with Crippen molar-refractivity contribution in [3.8, 4) is 22.8 Å². The minimum Gasteiger partial charge on any atom is -0.490 e. The smallest absolute Gasteiger partial charge is 0.180 e. The predicted molar refractivity (Wildman–Crippen MR) is 113 cm³/mol. The SMILES string of the molecule is Cc1sc(N)nc1-c1ccc(OCCOc2ccc(C(C)(C)C)cc2)cc1. The molecule has 2 N–H and O–H groups in total. The van der Waals surface area contributed by atoms with Gasteiger partial charge in [0.25, 0.3) is 0 Å². The van der Waals surface area contributed by atoms with Gasteiger partial charge < -0.3 is 15.2 Å². The van der Waals surface area contributed by atoms with Crippen LogP contribution in [0, 0.1) is 6.92 Å². The second-order valence-corrected chi connectivity index (χ2v) is 8.69. The van der Waals surface area contributed by atoms with Crippen LogP contribution < -0.4 is 15.2 Å². The third-order valence-electron chi connectivity index (χ3n) is 4.28. The maximum absolute atomic E-state index is 5.77. The molecule has 4 nitrogen and oxygen atoms in total. The Morgan fingerprint density at radius 1 is 0.889 bits per heavy atom. The number of anilines is 1. The molecule has 0 radical (unpaired) electrons. The minimum absolute atomic E-state index is 0.149. The van der Waals surface area contributed by atoms with Gasteiger partial charge in [-0.2, -0.15) is 0 Å². The van der Waals surface area contributed by atoms with Crippen LogP contribution in [0.15, 0.2) is 48.5 Å². The number of rotatable bonds is 6. The first-order valence-electron chi connectivity index (χ1n) is 9.02. The summed E-state index contributed by atoms with van der Waals surface area (Å²) in [6.07, 6.45) is 0. The fourth-order valence-corrected chi connectivity index (χ4v) is 3.47. The Kier molecular flexibility index (Phi) is 5.71. The first-order valence-corrected chi connectivity index (χ1v) is 9.84. The van der Waals surface area contributed by atoms with Crippen LogP contribution in [-0.4, -0.2) is 18.2 Å². The van der Waals surface area contributed by atoms with Crippen molar-refractivity contribution in [3.05, 3.63) is 59.0 Å². The van der Waals surface area contributed by atoms with Crippen molar-refractivity contribution in [1.29, 1.82) is 0 Å².